The molecule has 140 valence electrons. The van der Waals surface area contributed by atoms with Gasteiger partial charge in [0.2, 0.25) is 0 Å². The van der Waals surface area contributed by atoms with E-state index in [1.807, 2.05) is 12.1 Å². The molecule has 0 radical (unpaired) electrons. The highest BCUT2D eigenvalue weighted by Crippen LogP contribution is 2.38. The molecule has 3 heteroatoms. The smallest absolute Gasteiger partial charge is 0.318 e. The quantitative estimate of drug-likeness (QED) is 0.755. The fourth-order valence-electron chi connectivity index (χ4n) is 5.47. The zero-order valence-corrected chi connectivity index (χ0v) is 15.9. The Kier molecular flexibility index (Phi) is 4.28. The third-order valence-electron chi connectivity index (χ3n) is 6.97. The summed E-state index contributed by atoms with van der Waals surface area (Å²) in [5.41, 5.74) is 4.81. The summed E-state index contributed by atoms with van der Waals surface area (Å²) >= 11 is 0. The molecule has 2 heterocycles. The van der Waals surface area contributed by atoms with E-state index >= 15 is 0 Å². The first-order valence-electron chi connectivity index (χ1n) is 10.3. The number of ether oxygens (including phenoxy) is 1. The molecule has 27 heavy (non-hydrogen) atoms. The number of nitrogens with zero attached hydrogens (tertiary/aromatic N) is 1. The van der Waals surface area contributed by atoms with Crippen LogP contribution in [0.5, 0.6) is 0 Å². The van der Waals surface area contributed by atoms with Gasteiger partial charge in [0.25, 0.3) is 0 Å². The van der Waals surface area contributed by atoms with Crippen LogP contribution in [-0.4, -0.2) is 36.1 Å². The summed E-state index contributed by atoms with van der Waals surface area (Å²) in [6.45, 7) is 0. The van der Waals surface area contributed by atoms with Crippen LogP contribution in [0.1, 0.15) is 53.9 Å². The van der Waals surface area contributed by atoms with Crippen LogP contribution >= 0.6 is 0 Å². The van der Waals surface area contributed by atoms with Gasteiger partial charge in [-0.25, -0.2) is 0 Å². The lowest BCUT2D eigenvalue weighted by Crippen LogP contribution is -2.43. The molecule has 3 nitrogen and oxygen atoms in total. The summed E-state index contributed by atoms with van der Waals surface area (Å²) < 4.78 is 6.16. The Balaban J connectivity index is 1.46. The number of carbonyl (C=O) groups is 1. The first kappa shape index (κ1) is 17.0. The van der Waals surface area contributed by atoms with Gasteiger partial charge in [0.1, 0.15) is 12.0 Å². The SMILES string of the molecule is CN1[C@@H]2CC[C@H]1C[C@@H](OC(=O)C1c3ccccc3CCc3ccccc31)C2. The molecule has 0 N–H and O–H groups in total. The van der Waals surface area contributed by atoms with Gasteiger partial charge in [-0.1, -0.05) is 48.5 Å². The van der Waals surface area contributed by atoms with Crippen molar-refractivity contribution in [3.05, 3.63) is 70.8 Å². The van der Waals surface area contributed by atoms with Crippen LogP contribution in [0.15, 0.2) is 48.5 Å². The van der Waals surface area contributed by atoms with Crippen molar-refractivity contribution in [1.82, 2.24) is 4.90 Å². The number of fused-ring (bicyclic) bond motifs is 4. The average Bonchev–Trinajstić information content (AvgIpc) is 2.87. The molecule has 2 aromatic rings. The van der Waals surface area contributed by atoms with Gasteiger partial charge in [0, 0.05) is 12.1 Å². The molecule has 0 saturated carbocycles. The van der Waals surface area contributed by atoms with Crippen molar-refractivity contribution in [2.24, 2.45) is 0 Å². The molecule has 5 rings (SSSR count). The Morgan fingerprint density at radius 1 is 0.889 bits per heavy atom. The van der Waals surface area contributed by atoms with Gasteiger partial charge >= 0.3 is 5.97 Å². The van der Waals surface area contributed by atoms with Gasteiger partial charge in [-0.2, -0.15) is 0 Å². The van der Waals surface area contributed by atoms with Gasteiger partial charge in [0.15, 0.2) is 0 Å². The lowest BCUT2D eigenvalue weighted by atomic mass is 9.88. The Morgan fingerprint density at radius 3 is 1.96 bits per heavy atom. The third kappa shape index (κ3) is 2.98. The first-order valence-corrected chi connectivity index (χ1v) is 10.3. The molecule has 2 aromatic carbocycles. The predicted molar refractivity (Wildman–Crippen MR) is 106 cm³/mol. The van der Waals surface area contributed by atoms with E-state index < -0.39 is 0 Å². The highest BCUT2D eigenvalue weighted by Gasteiger charge is 2.41. The van der Waals surface area contributed by atoms with Crippen molar-refractivity contribution in [3.63, 3.8) is 0 Å². The fraction of sp³-hybridized carbons (Fsp3) is 0.458. The number of piperidine rings is 1. The molecular formula is C24H27NO2. The van der Waals surface area contributed by atoms with Crippen LogP contribution in [0.4, 0.5) is 0 Å². The summed E-state index contributed by atoms with van der Waals surface area (Å²) in [4.78, 5) is 15.9. The number of hydrogen-bond donors (Lipinski definition) is 0. The molecule has 3 atom stereocenters. The predicted octanol–water partition coefficient (Wildman–Crippen LogP) is 4.09. The maximum atomic E-state index is 13.4. The van der Waals surface area contributed by atoms with Gasteiger partial charge in [-0.05, 0) is 67.8 Å². The van der Waals surface area contributed by atoms with Crippen LogP contribution < -0.4 is 0 Å². The second kappa shape index (κ2) is 6.79. The van der Waals surface area contributed by atoms with E-state index in [1.165, 1.54) is 24.0 Å². The fourth-order valence-corrected chi connectivity index (χ4v) is 5.47. The second-order valence-electron chi connectivity index (χ2n) is 8.41. The maximum Gasteiger partial charge on any atom is 0.318 e. The Bertz CT molecular complexity index is 799. The largest absolute Gasteiger partial charge is 0.462 e. The minimum atomic E-state index is -0.294. The molecule has 0 amide bonds. The van der Waals surface area contributed by atoms with E-state index in [4.69, 9.17) is 4.74 Å². The van der Waals surface area contributed by atoms with E-state index in [2.05, 4.69) is 48.3 Å². The third-order valence-corrected chi connectivity index (χ3v) is 6.97. The van der Waals surface area contributed by atoms with Gasteiger partial charge in [0.05, 0.1) is 0 Å². The topological polar surface area (TPSA) is 29.5 Å². The Hall–Kier alpha value is -2.13. The minimum Gasteiger partial charge on any atom is -0.462 e. The van der Waals surface area contributed by atoms with Crippen molar-refractivity contribution < 1.29 is 9.53 Å². The maximum absolute atomic E-state index is 13.4. The highest BCUT2D eigenvalue weighted by atomic mass is 16.5. The minimum absolute atomic E-state index is 0.0637. The Morgan fingerprint density at radius 2 is 1.41 bits per heavy atom. The standard InChI is InChI=1S/C24H27NO2/c1-25-18-12-13-19(25)15-20(14-18)27-24(26)23-21-8-4-2-6-16(21)10-11-17-7-3-5-9-22(17)23/h2-9,18-20,23H,10-15H2,1H3/t18-,19+,20+. The normalized spacial score (nSPS) is 27.5. The number of esters is 1. The van der Waals surface area contributed by atoms with Gasteiger partial charge in [-0.15, -0.1) is 0 Å². The second-order valence-corrected chi connectivity index (χ2v) is 8.41. The molecule has 2 bridgehead atoms. The van der Waals surface area contributed by atoms with E-state index in [0.29, 0.717) is 12.1 Å². The molecule has 3 aliphatic rings. The summed E-state index contributed by atoms with van der Waals surface area (Å²) in [5, 5.41) is 0. The van der Waals surface area contributed by atoms with Crippen LogP contribution in [0.3, 0.4) is 0 Å². The summed E-state index contributed by atoms with van der Waals surface area (Å²) in [6, 6.07) is 18.0. The molecule has 0 spiro atoms. The molecule has 2 fully saturated rings. The zero-order chi connectivity index (χ0) is 18.4. The Labute approximate surface area is 161 Å². The summed E-state index contributed by atoms with van der Waals surface area (Å²) in [5.74, 6) is -0.358. The highest BCUT2D eigenvalue weighted by molar-refractivity contribution is 5.83. The number of aryl methyl sites for hydroxylation is 2. The van der Waals surface area contributed by atoms with Gasteiger partial charge in [-0.3, -0.25) is 4.79 Å². The lowest BCUT2D eigenvalue weighted by molar-refractivity contribution is -0.153. The zero-order valence-electron chi connectivity index (χ0n) is 15.9. The monoisotopic (exact) mass is 361 g/mol. The van der Waals surface area contributed by atoms with E-state index in [-0.39, 0.29) is 18.0 Å². The van der Waals surface area contributed by atoms with Crippen molar-refractivity contribution >= 4 is 5.97 Å². The van der Waals surface area contributed by atoms with Crippen LogP contribution in [-0.2, 0) is 22.4 Å². The number of benzene rings is 2. The average molecular weight is 361 g/mol. The summed E-state index contributed by atoms with van der Waals surface area (Å²) in [6.07, 6.45) is 6.47. The summed E-state index contributed by atoms with van der Waals surface area (Å²) in [7, 11) is 2.22. The molecule has 0 aromatic heterocycles. The number of hydrogen-bond acceptors (Lipinski definition) is 3. The number of carbonyl (C=O) groups excluding carboxylic acids is 1. The molecule has 2 aliphatic heterocycles. The van der Waals surface area contributed by atoms with E-state index in [1.54, 1.807) is 0 Å². The van der Waals surface area contributed by atoms with Crippen LogP contribution in [0, 0.1) is 0 Å². The van der Waals surface area contributed by atoms with Crippen molar-refractivity contribution in [2.75, 3.05) is 7.05 Å². The van der Waals surface area contributed by atoms with Crippen molar-refractivity contribution in [2.45, 2.75) is 62.6 Å². The van der Waals surface area contributed by atoms with Crippen LogP contribution in [0.2, 0.25) is 0 Å². The lowest BCUT2D eigenvalue weighted by Gasteiger charge is -2.36. The molecule has 2 saturated heterocycles. The van der Waals surface area contributed by atoms with E-state index in [0.717, 1.165) is 36.8 Å². The van der Waals surface area contributed by atoms with Gasteiger partial charge < -0.3 is 9.64 Å². The van der Waals surface area contributed by atoms with E-state index in [9.17, 15) is 4.79 Å². The molecule has 1 aliphatic carbocycles. The molecular weight excluding hydrogens is 334 g/mol. The van der Waals surface area contributed by atoms with Crippen LogP contribution in [0.25, 0.3) is 0 Å². The van der Waals surface area contributed by atoms with Crippen molar-refractivity contribution in [3.8, 4) is 0 Å². The van der Waals surface area contributed by atoms with Crippen molar-refractivity contribution in [1.29, 1.82) is 0 Å². The molecule has 0 unspecified atom stereocenters. The number of rotatable bonds is 2. The first-order chi connectivity index (χ1) is 13.2.